The number of anilines is 1. The minimum Gasteiger partial charge on any atom is -0.476 e. The standard InChI is InChI=1S/C11H8F2N4O3/c12-11(13)20-7-2-1-5(3-15-7)6-4-16-9(14)8(17-6)10(18)19/h1-4,11H,(H2,14,16)(H,18,19). The molecule has 0 aliphatic carbocycles. The summed E-state index contributed by atoms with van der Waals surface area (Å²) in [7, 11) is 0. The SMILES string of the molecule is Nc1ncc(-c2ccc(OC(F)F)nc2)nc1C(=O)O. The zero-order valence-corrected chi connectivity index (χ0v) is 9.83. The number of nitrogens with two attached hydrogens (primary N) is 1. The molecule has 0 spiro atoms. The van der Waals surface area contributed by atoms with Gasteiger partial charge < -0.3 is 15.6 Å². The molecule has 2 aromatic rings. The van der Waals surface area contributed by atoms with E-state index >= 15 is 0 Å². The van der Waals surface area contributed by atoms with Gasteiger partial charge in [0, 0.05) is 17.8 Å². The predicted molar refractivity (Wildman–Crippen MR) is 63.3 cm³/mol. The Balaban J connectivity index is 2.32. The number of carboxylic acids is 1. The molecule has 9 heteroatoms. The number of pyridine rings is 1. The van der Waals surface area contributed by atoms with Gasteiger partial charge in [0.25, 0.3) is 0 Å². The summed E-state index contributed by atoms with van der Waals surface area (Å²) in [5.41, 5.74) is 5.57. The molecule has 104 valence electrons. The largest absolute Gasteiger partial charge is 0.476 e. The van der Waals surface area contributed by atoms with Crippen molar-refractivity contribution in [3.63, 3.8) is 0 Å². The van der Waals surface area contributed by atoms with E-state index in [-0.39, 0.29) is 17.4 Å². The van der Waals surface area contributed by atoms with Gasteiger partial charge in [-0.1, -0.05) is 0 Å². The highest BCUT2D eigenvalue weighted by Gasteiger charge is 2.13. The lowest BCUT2D eigenvalue weighted by atomic mass is 10.2. The molecule has 0 amide bonds. The zero-order valence-electron chi connectivity index (χ0n) is 9.83. The van der Waals surface area contributed by atoms with E-state index in [0.717, 1.165) is 0 Å². The molecule has 0 aromatic carbocycles. The predicted octanol–water partition coefficient (Wildman–Crippen LogP) is 1.42. The molecule has 0 saturated carbocycles. The summed E-state index contributed by atoms with van der Waals surface area (Å²) in [6, 6.07) is 2.61. The van der Waals surface area contributed by atoms with Gasteiger partial charge in [-0.3, -0.25) is 0 Å². The van der Waals surface area contributed by atoms with Crippen molar-refractivity contribution in [1.82, 2.24) is 15.0 Å². The molecule has 7 nitrogen and oxygen atoms in total. The van der Waals surface area contributed by atoms with Gasteiger partial charge in [0.1, 0.15) is 0 Å². The van der Waals surface area contributed by atoms with Crippen molar-refractivity contribution in [2.45, 2.75) is 6.61 Å². The Morgan fingerprint density at radius 1 is 1.30 bits per heavy atom. The van der Waals surface area contributed by atoms with Crippen LogP contribution in [0.15, 0.2) is 24.5 Å². The van der Waals surface area contributed by atoms with Crippen molar-refractivity contribution in [3.8, 4) is 17.1 Å². The fourth-order valence-electron chi connectivity index (χ4n) is 1.39. The second-order valence-electron chi connectivity index (χ2n) is 3.56. The van der Waals surface area contributed by atoms with Crippen LogP contribution in [0.1, 0.15) is 10.5 Å². The number of alkyl halides is 2. The second kappa shape index (κ2) is 5.43. The zero-order chi connectivity index (χ0) is 14.7. The molecule has 2 aromatic heterocycles. The van der Waals surface area contributed by atoms with Crippen molar-refractivity contribution in [2.24, 2.45) is 0 Å². The summed E-state index contributed by atoms with van der Waals surface area (Å²) in [5.74, 6) is -1.79. The number of rotatable bonds is 4. The number of nitrogens with zero attached hydrogens (tertiary/aromatic N) is 3. The summed E-state index contributed by atoms with van der Waals surface area (Å²) in [6.07, 6.45) is 2.47. The van der Waals surface area contributed by atoms with E-state index in [9.17, 15) is 13.6 Å². The number of carbonyl (C=O) groups is 1. The number of hydrogen-bond donors (Lipinski definition) is 2. The van der Waals surface area contributed by atoms with E-state index in [1.807, 2.05) is 0 Å². The van der Waals surface area contributed by atoms with Gasteiger partial charge in [-0.15, -0.1) is 0 Å². The number of halogens is 2. The maximum absolute atomic E-state index is 12.0. The summed E-state index contributed by atoms with van der Waals surface area (Å²) in [5, 5.41) is 8.88. The summed E-state index contributed by atoms with van der Waals surface area (Å²) in [6.45, 7) is -2.97. The highest BCUT2D eigenvalue weighted by molar-refractivity contribution is 5.90. The molecular formula is C11H8F2N4O3. The first-order valence-corrected chi connectivity index (χ1v) is 5.24. The normalized spacial score (nSPS) is 10.6. The van der Waals surface area contributed by atoms with E-state index < -0.39 is 18.3 Å². The second-order valence-corrected chi connectivity index (χ2v) is 3.56. The van der Waals surface area contributed by atoms with Crippen molar-refractivity contribution >= 4 is 11.8 Å². The lowest BCUT2D eigenvalue weighted by Crippen LogP contribution is -2.08. The Labute approximate surface area is 111 Å². The molecule has 0 aliphatic rings. The van der Waals surface area contributed by atoms with Gasteiger partial charge in [0.2, 0.25) is 5.88 Å². The average molecular weight is 282 g/mol. The quantitative estimate of drug-likeness (QED) is 0.872. The molecule has 0 atom stereocenters. The Morgan fingerprint density at radius 3 is 2.60 bits per heavy atom. The third kappa shape index (κ3) is 2.94. The Hall–Kier alpha value is -2.84. The molecule has 0 fully saturated rings. The van der Waals surface area contributed by atoms with Crippen LogP contribution in [0.3, 0.4) is 0 Å². The maximum atomic E-state index is 12.0. The monoisotopic (exact) mass is 282 g/mol. The van der Waals surface area contributed by atoms with Gasteiger partial charge in [-0.05, 0) is 6.07 Å². The van der Waals surface area contributed by atoms with Crippen LogP contribution in [0.5, 0.6) is 5.88 Å². The van der Waals surface area contributed by atoms with Gasteiger partial charge >= 0.3 is 12.6 Å². The fraction of sp³-hybridized carbons (Fsp3) is 0.0909. The number of ether oxygens (including phenoxy) is 1. The van der Waals surface area contributed by atoms with E-state index in [1.165, 1.54) is 24.5 Å². The molecule has 0 saturated heterocycles. The first kappa shape index (κ1) is 13.6. The van der Waals surface area contributed by atoms with Gasteiger partial charge in [-0.2, -0.15) is 8.78 Å². The van der Waals surface area contributed by atoms with Gasteiger partial charge in [0.15, 0.2) is 11.5 Å². The summed E-state index contributed by atoms with van der Waals surface area (Å²) in [4.78, 5) is 22.0. The van der Waals surface area contributed by atoms with Crippen molar-refractivity contribution < 1.29 is 23.4 Å². The van der Waals surface area contributed by atoms with Crippen LogP contribution >= 0.6 is 0 Å². The fourth-order valence-corrected chi connectivity index (χ4v) is 1.39. The Kier molecular flexibility index (Phi) is 3.69. The summed E-state index contributed by atoms with van der Waals surface area (Å²) < 4.78 is 28.0. The number of nitrogen functional groups attached to an aromatic ring is 1. The molecule has 2 rings (SSSR count). The minimum atomic E-state index is -2.97. The number of aromatic carboxylic acids is 1. The van der Waals surface area contributed by atoms with Crippen LogP contribution in [0.25, 0.3) is 11.3 Å². The van der Waals surface area contributed by atoms with Crippen molar-refractivity contribution in [1.29, 1.82) is 0 Å². The molecule has 0 radical (unpaired) electrons. The van der Waals surface area contributed by atoms with E-state index in [0.29, 0.717) is 5.56 Å². The topological polar surface area (TPSA) is 111 Å². The summed E-state index contributed by atoms with van der Waals surface area (Å²) >= 11 is 0. The van der Waals surface area contributed by atoms with Crippen LogP contribution in [0.4, 0.5) is 14.6 Å². The van der Waals surface area contributed by atoms with Crippen molar-refractivity contribution in [2.75, 3.05) is 5.73 Å². The molecule has 0 bridgehead atoms. The number of hydrogen-bond acceptors (Lipinski definition) is 6. The van der Waals surface area contributed by atoms with Gasteiger partial charge in [0.05, 0.1) is 11.9 Å². The van der Waals surface area contributed by atoms with E-state index in [2.05, 4.69) is 19.7 Å². The maximum Gasteiger partial charge on any atom is 0.388 e. The molecule has 3 N–H and O–H groups in total. The highest BCUT2D eigenvalue weighted by Crippen LogP contribution is 2.20. The Morgan fingerprint density at radius 2 is 2.05 bits per heavy atom. The van der Waals surface area contributed by atoms with E-state index in [4.69, 9.17) is 10.8 Å². The van der Waals surface area contributed by atoms with E-state index in [1.54, 1.807) is 0 Å². The molecule has 0 aliphatic heterocycles. The smallest absolute Gasteiger partial charge is 0.388 e. The Bertz CT molecular complexity index is 634. The minimum absolute atomic E-state index is 0.202. The van der Waals surface area contributed by atoms with Crippen LogP contribution in [0.2, 0.25) is 0 Å². The molecule has 0 unspecified atom stereocenters. The first-order valence-electron chi connectivity index (χ1n) is 5.24. The lowest BCUT2D eigenvalue weighted by Gasteiger charge is -2.05. The number of carboxylic acid groups (broad SMARTS) is 1. The van der Waals surface area contributed by atoms with Gasteiger partial charge in [-0.25, -0.2) is 19.7 Å². The number of aromatic nitrogens is 3. The molecular weight excluding hydrogens is 274 g/mol. The lowest BCUT2D eigenvalue weighted by molar-refractivity contribution is -0.0528. The molecule has 2 heterocycles. The van der Waals surface area contributed by atoms with Crippen molar-refractivity contribution in [3.05, 3.63) is 30.2 Å². The highest BCUT2D eigenvalue weighted by atomic mass is 19.3. The van der Waals surface area contributed by atoms with Crippen LogP contribution < -0.4 is 10.5 Å². The average Bonchev–Trinajstić information content (AvgIpc) is 2.39. The third-order valence-electron chi connectivity index (χ3n) is 2.25. The molecule has 20 heavy (non-hydrogen) atoms. The third-order valence-corrected chi connectivity index (χ3v) is 2.25. The first-order chi connectivity index (χ1) is 9.47. The van der Waals surface area contributed by atoms with Crippen LogP contribution in [-0.4, -0.2) is 32.6 Å². The van der Waals surface area contributed by atoms with Crippen LogP contribution in [0, 0.1) is 0 Å². The van der Waals surface area contributed by atoms with Crippen LogP contribution in [-0.2, 0) is 0 Å².